The van der Waals surface area contributed by atoms with Crippen LogP contribution < -0.4 is 4.74 Å². The lowest BCUT2D eigenvalue weighted by Gasteiger charge is -2.09. The van der Waals surface area contributed by atoms with Gasteiger partial charge in [-0.2, -0.15) is 0 Å². The van der Waals surface area contributed by atoms with E-state index in [0.29, 0.717) is 16.9 Å². The summed E-state index contributed by atoms with van der Waals surface area (Å²) >= 11 is 5.76. The van der Waals surface area contributed by atoms with E-state index in [0.717, 1.165) is 0 Å². The van der Waals surface area contributed by atoms with Crippen LogP contribution in [0.3, 0.4) is 0 Å². The number of halogens is 1. The molecule has 0 radical (unpaired) electrons. The van der Waals surface area contributed by atoms with Gasteiger partial charge in [0, 0.05) is 11.6 Å². The number of methoxy groups -OCH3 is 1. The Hall–Kier alpha value is -2.86. The summed E-state index contributed by atoms with van der Waals surface area (Å²) in [6.45, 7) is 0. The number of benzene rings is 2. The number of nitro groups is 1. The van der Waals surface area contributed by atoms with Crippen LogP contribution in [0.25, 0.3) is 11.6 Å². The second-order valence-corrected chi connectivity index (χ2v) is 4.94. The van der Waals surface area contributed by atoms with E-state index in [1.807, 2.05) is 0 Å². The summed E-state index contributed by atoms with van der Waals surface area (Å²) in [6.07, 6.45) is 1.34. The van der Waals surface area contributed by atoms with Gasteiger partial charge in [0.15, 0.2) is 0 Å². The summed E-state index contributed by atoms with van der Waals surface area (Å²) in [5, 5.41) is 20.4. The minimum absolute atomic E-state index is 0.0127. The van der Waals surface area contributed by atoms with Gasteiger partial charge in [0.25, 0.3) is 5.69 Å². The van der Waals surface area contributed by atoms with Gasteiger partial charge in [0.2, 0.25) is 0 Å². The Morgan fingerprint density at radius 1 is 1.30 bits per heavy atom. The first-order valence-electron chi connectivity index (χ1n) is 6.46. The Labute approximate surface area is 136 Å². The first kappa shape index (κ1) is 16.5. The molecule has 118 valence electrons. The molecule has 0 saturated carbocycles. The van der Waals surface area contributed by atoms with Gasteiger partial charge in [-0.1, -0.05) is 35.9 Å². The number of carboxylic acid groups (broad SMARTS) is 1. The molecule has 0 aliphatic rings. The third-order valence-electron chi connectivity index (χ3n) is 3.11. The van der Waals surface area contributed by atoms with Crippen molar-refractivity contribution in [2.75, 3.05) is 7.11 Å². The Morgan fingerprint density at radius 2 is 2.00 bits per heavy atom. The van der Waals surface area contributed by atoms with Crippen molar-refractivity contribution >= 4 is 34.9 Å². The number of aliphatic carboxylic acids is 1. The van der Waals surface area contributed by atoms with E-state index in [9.17, 15) is 20.0 Å². The van der Waals surface area contributed by atoms with E-state index in [1.165, 1.54) is 31.4 Å². The molecule has 7 heteroatoms. The predicted molar refractivity (Wildman–Crippen MR) is 86.6 cm³/mol. The highest BCUT2D eigenvalue weighted by Crippen LogP contribution is 2.30. The van der Waals surface area contributed by atoms with Crippen LogP contribution in [0.1, 0.15) is 11.1 Å². The van der Waals surface area contributed by atoms with E-state index in [4.69, 9.17) is 16.3 Å². The maximum absolute atomic E-state index is 11.6. The molecule has 1 N–H and O–H groups in total. The van der Waals surface area contributed by atoms with Crippen molar-refractivity contribution in [3.05, 3.63) is 68.7 Å². The Bertz CT molecular complexity index is 801. The first-order chi connectivity index (χ1) is 10.9. The molecule has 0 fully saturated rings. The molecule has 6 nitrogen and oxygen atoms in total. The molecule has 0 spiro atoms. The van der Waals surface area contributed by atoms with Crippen molar-refractivity contribution in [1.29, 1.82) is 0 Å². The maximum atomic E-state index is 11.6. The number of para-hydroxylation sites is 1. The summed E-state index contributed by atoms with van der Waals surface area (Å²) in [7, 11) is 1.44. The van der Waals surface area contributed by atoms with Crippen LogP contribution in [0.5, 0.6) is 5.75 Å². The second-order valence-electron chi connectivity index (χ2n) is 4.53. The number of hydrogen-bond donors (Lipinski definition) is 1. The number of carboxylic acids is 1. The summed E-state index contributed by atoms with van der Waals surface area (Å²) < 4.78 is 5.16. The lowest BCUT2D eigenvalue weighted by atomic mass is 10.0. The van der Waals surface area contributed by atoms with E-state index in [2.05, 4.69) is 0 Å². The third kappa shape index (κ3) is 3.67. The second kappa shape index (κ2) is 6.93. The van der Waals surface area contributed by atoms with Gasteiger partial charge in [-0.05, 0) is 23.8 Å². The molecule has 0 saturated heterocycles. The number of rotatable bonds is 5. The van der Waals surface area contributed by atoms with Crippen molar-refractivity contribution in [2.45, 2.75) is 0 Å². The summed E-state index contributed by atoms with van der Waals surface area (Å²) in [4.78, 5) is 21.9. The maximum Gasteiger partial charge on any atom is 0.336 e. The smallest absolute Gasteiger partial charge is 0.336 e. The average Bonchev–Trinajstić information content (AvgIpc) is 2.53. The van der Waals surface area contributed by atoms with Crippen molar-refractivity contribution in [3.63, 3.8) is 0 Å². The summed E-state index contributed by atoms with van der Waals surface area (Å²) in [6, 6.07) is 10.7. The third-order valence-corrected chi connectivity index (χ3v) is 3.43. The quantitative estimate of drug-likeness (QED) is 0.388. The minimum atomic E-state index is -1.17. The van der Waals surface area contributed by atoms with Crippen LogP contribution in [0.4, 0.5) is 5.69 Å². The lowest BCUT2D eigenvalue weighted by Crippen LogP contribution is -2.02. The lowest BCUT2D eigenvalue weighted by molar-refractivity contribution is -0.384. The van der Waals surface area contributed by atoms with Gasteiger partial charge in [-0.3, -0.25) is 10.1 Å². The highest BCUT2D eigenvalue weighted by atomic mass is 35.5. The predicted octanol–water partition coefficient (Wildman–Crippen LogP) is 3.88. The van der Waals surface area contributed by atoms with Crippen molar-refractivity contribution < 1.29 is 19.6 Å². The number of ether oxygens (including phenoxy) is 1. The van der Waals surface area contributed by atoms with Gasteiger partial charge in [0.05, 0.1) is 17.6 Å². The first-order valence-corrected chi connectivity index (χ1v) is 6.84. The number of nitrogens with zero attached hydrogens (tertiary/aromatic N) is 1. The van der Waals surface area contributed by atoms with Gasteiger partial charge in [0.1, 0.15) is 10.8 Å². The molecule has 0 aliphatic carbocycles. The Balaban J connectivity index is 2.58. The molecule has 0 bridgehead atoms. The highest BCUT2D eigenvalue weighted by molar-refractivity contribution is 6.32. The molecule has 23 heavy (non-hydrogen) atoms. The fourth-order valence-corrected chi connectivity index (χ4v) is 2.23. The molecular formula is C16H12ClNO5. The van der Waals surface area contributed by atoms with Crippen LogP contribution >= 0.6 is 11.6 Å². The van der Waals surface area contributed by atoms with Crippen LogP contribution in [-0.4, -0.2) is 23.1 Å². The highest BCUT2D eigenvalue weighted by Gasteiger charge is 2.17. The van der Waals surface area contributed by atoms with Crippen molar-refractivity contribution in [2.24, 2.45) is 0 Å². The minimum Gasteiger partial charge on any atom is -0.496 e. The van der Waals surface area contributed by atoms with E-state index in [1.54, 1.807) is 24.3 Å². The average molecular weight is 334 g/mol. The summed E-state index contributed by atoms with van der Waals surface area (Å²) in [5.74, 6) is -0.781. The topological polar surface area (TPSA) is 89.7 Å². The molecule has 0 amide bonds. The fraction of sp³-hybridized carbons (Fsp3) is 0.0625. The van der Waals surface area contributed by atoms with Gasteiger partial charge in [-0.25, -0.2) is 4.79 Å². The number of nitro benzene ring substituents is 1. The Morgan fingerprint density at radius 3 is 2.61 bits per heavy atom. The van der Waals surface area contributed by atoms with Crippen molar-refractivity contribution in [3.8, 4) is 5.75 Å². The standard InChI is InChI=1S/C16H12ClNO5/c1-23-15-5-3-2-4-11(15)12(16(19)20)8-10-6-7-13(17)14(9-10)18(21)22/h2-9H,1H3,(H,19,20)/b12-8-. The molecular weight excluding hydrogens is 322 g/mol. The van der Waals surface area contributed by atoms with Gasteiger partial charge >= 0.3 is 5.97 Å². The molecule has 2 aromatic rings. The van der Waals surface area contributed by atoms with Gasteiger partial charge < -0.3 is 9.84 Å². The van der Waals surface area contributed by atoms with Crippen LogP contribution in [0, 0.1) is 10.1 Å². The van der Waals surface area contributed by atoms with Crippen LogP contribution in [-0.2, 0) is 4.79 Å². The van der Waals surface area contributed by atoms with Gasteiger partial charge in [-0.15, -0.1) is 0 Å². The van der Waals surface area contributed by atoms with E-state index < -0.39 is 10.9 Å². The summed E-state index contributed by atoms with van der Waals surface area (Å²) in [5.41, 5.74) is 0.397. The van der Waals surface area contributed by atoms with Crippen LogP contribution in [0.2, 0.25) is 5.02 Å². The number of carbonyl (C=O) groups is 1. The molecule has 0 aromatic heterocycles. The molecule has 0 unspecified atom stereocenters. The largest absolute Gasteiger partial charge is 0.496 e. The Kier molecular flexibility index (Phi) is 4.98. The van der Waals surface area contributed by atoms with E-state index >= 15 is 0 Å². The molecule has 0 atom stereocenters. The molecule has 0 aliphatic heterocycles. The van der Waals surface area contributed by atoms with Crippen LogP contribution in [0.15, 0.2) is 42.5 Å². The monoisotopic (exact) mass is 333 g/mol. The SMILES string of the molecule is COc1ccccc1/C(=C/c1ccc(Cl)c([N+](=O)[O-])c1)C(=O)O. The fourth-order valence-electron chi connectivity index (χ4n) is 2.05. The molecule has 2 rings (SSSR count). The zero-order chi connectivity index (χ0) is 17.0. The zero-order valence-electron chi connectivity index (χ0n) is 12.0. The molecule has 2 aromatic carbocycles. The normalized spacial score (nSPS) is 11.1. The number of hydrogen-bond acceptors (Lipinski definition) is 4. The van der Waals surface area contributed by atoms with Crippen molar-refractivity contribution in [1.82, 2.24) is 0 Å². The van der Waals surface area contributed by atoms with E-state index in [-0.39, 0.29) is 16.3 Å². The zero-order valence-corrected chi connectivity index (χ0v) is 12.8. The molecule has 0 heterocycles.